The highest BCUT2D eigenvalue weighted by Gasteiger charge is 2.25. The quantitative estimate of drug-likeness (QED) is 0.311. The molecule has 0 spiro atoms. The molecule has 30 heavy (non-hydrogen) atoms. The summed E-state index contributed by atoms with van der Waals surface area (Å²) in [6, 6.07) is 11.9. The number of hydrogen-bond acceptors (Lipinski definition) is 8. The van der Waals surface area contributed by atoms with E-state index in [4.69, 9.17) is 14.2 Å². The Morgan fingerprint density at radius 3 is 2.60 bits per heavy atom. The highest BCUT2D eigenvalue weighted by Crippen LogP contribution is 2.35. The molecule has 9 nitrogen and oxygen atoms in total. The van der Waals surface area contributed by atoms with Gasteiger partial charge in [-0.1, -0.05) is 30.3 Å². The van der Waals surface area contributed by atoms with Gasteiger partial charge in [0.15, 0.2) is 16.6 Å². The minimum absolute atomic E-state index is 0.151. The molecule has 0 atom stereocenters. The number of nitro groups is 1. The number of aromatic nitrogens is 1. The van der Waals surface area contributed by atoms with Crippen LogP contribution in [0.4, 0.5) is 10.8 Å². The molecule has 3 aromatic rings. The Balaban J connectivity index is 1.86. The van der Waals surface area contributed by atoms with E-state index in [1.807, 2.05) is 30.3 Å². The first kappa shape index (κ1) is 21.2. The molecule has 1 amide bonds. The van der Waals surface area contributed by atoms with Gasteiger partial charge in [-0.05, 0) is 0 Å². The summed E-state index contributed by atoms with van der Waals surface area (Å²) >= 11 is 1.23. The number of rotatable bonds is 9. The van der Waals surface area contributed by atoms with Gasteiger partial charge in [-0.25, -0.2) is 4.98 Å². The maximum atomic E-state index is 12.8. The Morgan fingerprint density at radius 1 is 1.17 bits per heavy atom. The number of nitro benzene ring substituents is 1. The third kappa shape index (κ3) is 4.91. The lowest BCUT2D eigenvalue weighted by Gasteiger charge is -2.12. The largest absolute Gasteiger partial charge is 0.493 e. The summed E-state index contributed by atoms with van der Waals surface area (Å²) in [6.45, 7) is 0.476. The average molecular weight is 429 g/mol. The van der Waals surface area contributed by atoms with Gasteiger partial charge in [0, 0.05) is 24.1 Å². The van der Waals surface area contributed by atoms with Crippen LogP contribution < -0.4 is 14.8 Å². The Hall–Kier alpha value is -3.50. The number of nitrogens with zero attached hydrogens (tertiary/aromatic N) is 2. The molecular weight excluding hydrogens is 410 g/mol. The summed E-state index contributed by atoms with van der Waals surface area (Å²) in [4.78, 5) is 28.0. The van der Waals surface area contributed by atoms with Crippen molar-refractivity contribution >= 4 is 28.1 Å². The monoisotopic (exact) mass is 429 g/mol. The molecule has 2 aromatic carbocycles. The fraction of sp³-hybridized carbons (Fsp3) is 0.200. The zero-order chi connectivity index (χ0) is 21.5. The zero-order valence-corrected chi connectivity index (χ0v) is 17.1. The van der Waals surface area contributed by atoms with Crippen LogP contribution in [0.3, 0.4) is 0 Å². The van der Waals surface area contributed by atoms with E-state index >= 15 is 0 Å². The van der Waals surface area contributed by atoms with Crippen molar-refractivity contribution < 1.29 is 23.9 Å². The van der Waals surface area contributed by atoms with E-state index in [0.29, 0.717) is 17.4 Å². The van der Waals surface area contributed by atoms with E-state index < -0.39 is 16.5 Å². The van der Waals surface area contributed by atoms with Crippen molar-refractivity contribution in [2.75, 3.05) is 32.8 Å². The Kier molecular flexibility index (Phi) is 6.94. The lowest BCUT2D eigenvalue weighted by Crippen LogP contribution is -2.15. The molecular formula is C20H19N3O6S. The van der Waals surface area contributed by atoms with Crippen LogP contribution >= 0.6 is 11.3 Å². The molecule has 10 heteroatoms. The smallest absolute Gasteiger partial charge is 0.286 e. The topological polar surface area (TPSA) is 113 Å². The number of nitrogens with one attached hydrogen (secondary N) is 1. The molecule has 0 aliphatic rings. The summed E-state index contributed by atoms with van der Waals surface area (Å²) in [5, 5.41) is 16.3. The minimum Gasteiger partial charge on any atom is -0.493 e. The molecule has 0 fully saturated rings. The summed E-state index contributed by atoms with van der Waals surface area (Å²) in [5.41, 5.74) is 1.04. The number of thiazole rings is 1. The summed E-state index contributed by atoms with van der Waals surface area (Å²) in [7, 11) is 2.90. The van der Waals surface area contributed by atoms with Gasteiger partial charge in [0.2, 0.25) is 0 Å². The summed E-state index contributed by atoms with van der Waals surface area (Å²) < 4.78 is 15.6. The second-order valence-corrected chi connectivity index (χ2v) is 6.83. The number of methoxy groups -OCH3 is 2. The Labute approximate surface area is 176 Å². The summed E-state index contributed by atoms with van der Waals surface area (Å²) in [5.74, 6) is -0.318. The van der Waals surface area contributed by atoms with Gasteiger partial charge < -0.3 is 14.2 Å². The predicted molar refractivity (Wildman–Crippen MR) is 113 cm³/mol. The third-order valence-corrected chi connectivity index (χ3v) is 4.82. The molecule has 0 radical (unpaired) electrons. The van der Waals surface area contributed by atoms with Gasteiger partial charge in [-0.3, -0.25) is 20.2 Å². The van der Waals surface area contributed by atoms with Crippen LogP contribution in [-0.4, -0.2) is 43.2 Å². The highest BCUT2D eigenvalue weighted by molar-refractivity contribution is 7.14. The predicted octanol–water partition coefficient (Wildman–Crippen LogP) is 4.00. The number of benzene rings is 2. The molecule has 1 N–H and O–H groups in total. The third-order valence-electron chi connectivity index (χ3n) is 4.06. The van der Waals surface area contributed by atoms with Crippen LogP contribution in [0.15, 0.2) is 47.8 Å². The van der Waals surface area contributed by atoms with Gasteiger partial charge >= 0.3 is 0 Å². The van der Waals surface area contributed by atoms with Crippen LogP contribution in [0.1, 0.15) is 10.4 Å². The van der Waals surface area contributed by atoms with Crippen molar-refractivity contribution in [2.24, 2.45) is 0 Å². The van der Waals surface area contributed by atoms with Crippen LogP contribution in [0, 0.1) is 10.1 Å². The van der Waals surface area contributed by atoms with Crippen LogP contribution in [0.5, 0.6) is 11.5 Å². The molecule has 0 aliphatic carbocycles. The van der Waals surface area contributed by atoms with Crippen LogP contribution in [-0.2, 0) is 4.74 Å². The first-order chi connectivity index (χ1) is 14.5. The molecule has 0 saturated heterocycles. The number of hydrogen-bond donors (Lipinski definition) is 1. The number of carbonyl (C=O) groups excluding carboxylic acids is 1. The second-order valence-electron chi connectivity index (χ2n) is 5.98. The molecule has 3 rings (SSSR count). The van der Waals surface area contributed by atoms with E-state index in [0.717, 1.165) is 5.56 Å². The lowest BCUT2D eigenvalue weighted by atomic mass is 10.1. The van der Waals surface area contributed by atoms with Crippen molar-refractivity contribution in [1.29, 1.82) is 0 Å². The first-order valence-electron chi connectivity index (χ1n) is 8.84. The minimum atomic E-state index is -0.669. The fourth-order valence-electron chi connectivity index (χ4n) is 2.63. The van der Waals surface area contributed by atoms with Gasteiger partial charge in [0.25, 0.3) is 11.6 Å². The Morgan fingerprint density at radius 2 is 1.93 bits per heavy atom. The average Bonchev–Trinajstić information content (AvgIpc) is 3.22. The van der Waals surface area contributed by atoms with Crippen LogP contribution in [0.2, 0.25) is 0 Å². The summed E-state index contributed by atoms with van der Waals surface area (Å²) in [6.07, 6.45) is 0. The molecule has 1 aromatic heterocycles. The zero-order valence-electron chi connectivity index (χ0n) is 16.3. The first-order valence-corrected chi connectivity index (χ1v) is 9.72. The SMILES string of the molecule is COCCOc1cc([N+](=O)[O-])c(C(=O)Nc2nc(-c3ccccc3)cs2)cc1OC. The van der Waals surface area contributed by atoms with Crippen LogP contribution in [0.25, 0.3) is 11.3 Å². The number of carbonyl (C=O) groups is 1. The van der Waals surface area contributed by atoms with E-state index in [9.17, 15) is 14.9 Å². The number of amides is 1. The van der Waals surface area contributed by atoms with Gasteiger partial charge in [0.05, 0.1) is 30.4 Å². The highest BCUT2D eigenvalue weighted by atomic mass is 32.1. The molecule has 0 saturated carbocycles. The normalized spacial score (nSPS) is 10.5. The van der Waals surface area contributed by atoms with Gasteiger partial charge in [-0.15, -0.1) is 11.3 Å². The Bertz CT molecular complexity index is 1040. The standard InChI is InChI=1S/C20H19N3O6S/c1-27-8-9-29-18-11-16(23(25)26)14(10-17(18)28-2)19(24)22-20-21-15(12-30-20)13-6-4-3-5-7-13/h3-7,10-12H,8-9H2,1-2H3,(H,21,22,24). The maximum Gasteiger partial charge on any atom is 0.286 e. The molecule has 1 heterocycles. The van der Waals surface area contributed by atoms with E-state index in [2.05, 4.69) is 10.3 Å². The van der Waals surface area contributed by atoms with Crippen molar-refractivity contribution in [3.63, 3.8) is 0 Å². The van der Waals surface area contributed by atoms with Crippen molar-refractivity contribution in [2.45, 2.75) is 0 Å². The van der Waals surface area contributed by atoms with E-state index in [-0.39, 0.29) is 23.7 Å². The van der Waals surface area contributed by atoms with Gasteiger partial charge in [-0.2, -0.15) is 0 Å². The molecule has 0 aliphatic heterocycles. The van der Waals surface area contributed by atoms with Crippen molar-refractivity contribution in [1.82, 2.24) is 4.98 Å². The maximum absolute atomic E-state index is 12.8. The lowest BCUT2D eigenvalue weighted by molar-refractivity contribution is -0.385. The van der Waals surface area contributed by atoms with Crippen molar-refractivity contribution in [3.05, 3.63) is 63.5 Å². The van der Waals surface area contributed by atoms with Gasteiger partial charge in [0.1, 0.15) is 12.2 Å². The molecule has 0 unspecified atom stereocenters. The number of ether oxygens (including phenoxy) is 3. The van der Waals surface area contributed by atoms with E-state index in [1.54, 1.807) is 5.38 Å². The molecule has 156 valence electrons. The second kappa shape index (κ2) is 9.81. The molecule has 0 bridgehead atoms. The van der Waals surface area contributed by atoms with Crippen molar-refractivity contribution in [3.8, 4) is 22.8 Å². The van der Waals surface area contributed by atoms with E-state index in [1.165, 1.54) is 37.7 Å². The fourth-order valence-corrected chi connectivity index (χ4v) is 3.34. The number of anilines is 1.